The number of hydrogen-bond acceptors (Lipinski definition) is 8. The minimum Gasteiger partial charge on any atom is -0.394 e. The molecule has 4 N–H and O–H groups in total. The minimum absolute atomic E-state index is 0.388. The van der Waals surface area contributed by atoms with Gasteiger partial charge in [0, 0.05) is 12.5 Å². The molecule has 0 amide bonds. The van der Waals surface area contributed by atoms with Crippen LogP contribution in [0.25, 0.3) is 0 Å². The number of aliphatic hydroxyl groups is 3. The second kappa shape index (κ2) is 6.12. The molecule has 1 saturated heterocycles. The number of rotatable bonds is 4. The highest BCUT2D eigenvalue weighted by Crippen LogP contribution is 2.26. The molecule has 2 heterocycles. The Kier molecular flexibility index (Phi) is 4.71. The van der Waals surface area contributed by atoms with Crippen molar-refractivity contribution in [2.45, 2.75) is 37.6 Å². The summed E-state index contributed by atoms with van der Waals surface area (Å²) in [7, 11) is 1.44. The second-order valence-electron chi connectivity index (χ2n) is 4.41. The summed E-state index contributed by atoms with van der Waals surface area (Å²) in [5, 5.41) is 34.5. The topological polar surface area (TPSA) is 104 Å². The average molecular weight is 290 g/mol. The van der Waals surface area contributed by atoms with E-state index in [1.165, 1.54) is 18.4 Å². The molecule has 1 fully saturated rings. The molecule has 0 radical (unpaired) electrons. The van der Waals surface area contributed by atoms with E-state index >= 15 is 0 Å². The monoisotopic (exact) mass is 290 g/mol. The van der Waals surface area contributed by atoms with E-state index in [2.05, 4.69) is 10.3 Å². The van der Waals surface area contributed by atoms with E-state index in [-0.39, 0.29) is 6.61 Å². The van der Waals surface area contributed by atoms with Gasteiger partial charge in [-0.1, -0.05) is 0 Å². The van der Waals surface area contributed by atoms with Crippen LogP contribution in [-0.4, -0.2) is 64.7 Å². The van der Waals surface area contributed by atoms with Crippen molar-refractivity contribution in [2.24, 2.45) is 0 Å². The number of anilines is 1. The summed E-state index contributed by atoms with van der Waals surface area (Å²) in [6, 6.07) is -0.659. The van der Waals surface area contributed by atoms with Crippen molar-refractivity contribution in [3.05, 3.63) is 11.1 Å². The molecule has 2 rings (SSSR count). The van der Waals surface area contributed by atoms with E-state index < -0.39 is 30.6 Å². The fourth-order valence-corrected chi connectivity index (χ4v) is 2.74. The molecule has 0 aromatic carbocycles. The van der Waals surface area contributed by atoms with Crippen LogP contribution < -0.4 is 5.32 Å². The first kappa shape index (κ1) is 14.6. The van der Waals surface area contributed by atoms with Crippen LogP contribution in [0.1, 0.15) is 5.69 Å². The highest BCUT2D eigenvalue weighted by Gasteiger charge is 2.44. The van der Waals surface area contributed by atoms with Crippen LogP contribution >= 0.6 is 11.3 Å². The zero-order valence-corrected chi connectivity index (χ0v) is 11.5. The van der Waals surface area contributed by atoms with Gasteiger partial charge in [-0.25, -0.2) is 4.98 Å². The Morgan fingerprint density at radius 3 is 2.74 bits per heavy atom. The molecule has 0 unspecified atom stereocenters. The van der Waals surface area contributed by atoms with Gasteiger partial charge >= 0.3 is 0 Å². The number of methoxy groups -OCH3 is 1. The lowest BCUT2D eigenvalue weighted by molar-refractivity contribution is -0.254. The fraction of sp³-hybridized carbons (Fsp3) is 0.727. The third kappa shape index (κ3) is 3.04. The molecule has 108 valence electrons. The maximum Gasteiger partial charge on any atom is 0.183 e. The van der Waals surface area contributed by atoms with Crippen molar-refractivity contribution in [3.63, 3.8) is 0 Å². The van der Waals surface area contributed by atoms with Crippen molar-refractivity contribution < 1.29 is 24.8 Å². The van der Waals surface area contributed by atoms with Gasteiger partial charge in [-0.3, -0.25) is 0 Å². The molecule has 0 spiro atoms. The van der Waals surface area contributed by atoms with Crippen LogP contribution in [-0.2, 0) is 9.47 Å². The molecule has 0 bridgehead atoms. The first-order valence-corrected chi connectivity index (χ1v) is 6.78. The van der Waals surface area contributed by atoms with Crippen LogP contribution in [0.3, 0.4) is 0 Å². The van der Waals surface area contributed by atoms with E-state index in [1.807, 2.05) is 12.3 Å². The lowest BCUT2D eigenvalue weighted by Gasteiger charge is -2.41. The zero-order valence-electron chi connectivity index (χ0n) is 10.7. The van der Waals surface area contributed by atoms with Gasteiger partial charge in [0.15, 0.2) is 11.4 Å². The van der Waals surface area contributed by atoms with Crippen LogP contribution in [0, 0.1) is 6.92 Å². The molecule has 1 aliphatic heterocycles. The Morgan fingerprint density at radius 2 is 2.21 bits per heavy atom. The Balaban J connectivity index is 2.12. The molecular formula is C11H18N2O5S. The van der Waals surface area contributed by atoms with Gasteiger partial charge in [-0.05, 0) is 6.92 Å². The van der Waals surface area contributed by atoms with Crippen molar-refractivity contribution in [1.29, 1.82) is 0 Å². The molecular weight excluding hydrogens is 272 g/mol. The lowest BCUT2D eigenvalue weighted by atomic mass is 9.97. The van der Waals surface area contributed by atoms with Crippen LogP contribution in [0.5, 0.6) is 0 Å². The molecule has 8 heteroatoms. The molecule has 7 nitrogen and oxygen atoms in total. The standard InChI is InChI=1S/C11H18N2O5S/c1-5-4-19-11(12-5)13-7-9(16)8(15)6(3-14)18-10(7)17-2/h4,6-10,14-16H,3H2,1-2H3,(H,12,13)/t6-,7-,8+,9-,10-/m1/s1. The number of nitrogens with one attached hydrogen (secondary N) is 1. The van der Waals surface area contributed by atoms with Gasteiger partial charge in [0.2, 0.25) is 0 Å². The number of nitrogens with zero attached hydrogens (tertiary/aromatic N) is 1. The number of aryl methyl sites for hydroxylation is 1. The zero-order chi connectivity index (χ0) is 14.0. The normalized spacial score (nSPS) is 35.3. The van der Waals surface area contributed by atoms with E-state index in [1.54, 1.807) is 0 Å². The van der Waals surface area contributed by atoms with Crippen molar-refractivity contribution in [1.82, 2.24) is 4.98 Å². The van der Waals surface area contributed by atoms with Gasteiger partial charge in [-0.15, -0.1) is 11.3 Å². The summed E-state index contributed by atoms with van der Waals surface area (Å²) in [4.78, 5) is 4.23. The molecule has 19 heavy (non-hydrogen) atoms. The predicted octanol–water partition coefficient (Wildman–Crippen LogP) is -0.683. The Labute approximate surface area is 114 Å². The van der Waals surface area contributed by atoms with Crippen LogP contribution in [0.4, 0.5) is 5.13 Å². The molecule has 1 aromatic heterocycles. The smallest absolute Gasteiger partial charge is 0.183 e. The average Bonchev–Trinajstić information content (AvgIpc) is 2.81. The van der Waals surface area contributed by atoms with Gasteiger partial charge in [-0.2, -0.15) is 0 Å². The Morgan fingerprint density at radius 1 is 1.47 bits per heavy atom. The summed E-state index contributed by atoms with van der Waals surface area (Å²) < 4.78 is 10.5. The third-order valence-electron chi connectivity index (χ3n) is 3.02. The number of ether oxygens (including phenoxy) is 2. The highest BCUT2D eigenvalue weighted by molar-refractivity contribution is 7.13. The molecule has 5 atom stereocenters. The van der Waals surface area contributed by atoms with Crippen molar-refractivity contribution in [2.75, 3.05) is 19.0 Å². The predicted molar refractivity (Wildman–Crippen MR) is 69.0 cm³/mol. The van der Waals surface area contributed by atoms with E-state index in [0.29, 0.717) is 5.13 Å². The van der Waals surface area contributed by atoms with E-state index in [0.717, 1.165) is 5.69 Å². The molecule has 0 aliphatic carbocycles. The summed E-state index contributed by atoms with van der Waals surface area (Å²) in [6.45, 7) is 1.47. The van der Waals surface area contributed by atoms with Gasteiger partial charge < -0.3 is 30.1 Å². The van der Waals surface area contributed by atoms with Gasteiger partial charge in [0.25, 0.3) is 0 Å². The van der Waals surface area contributed by atoms with Crippen LogP contribution in [0.15, 0.2) is 5.38 Å². The van der Waals surface area contributed by atoms with Crippen molar-refractivity contribution in [3.8, 4) is 0 Å². The molecule has 1 aliphatic rings. The number of aromatic nitrogens is 1. The molecule has 1 aromatic rings. The first-order valence-electron chi connectivity index (χ1n) is 5.90. The lowest BCUT2D eigenvalue weighted by Crippen LogP contribution is -2.61. The Bertz CT molecular complexity index is 414. The SMILES string of the molecule is CO[C@@H]1O[C@H](CO)[C@H](O)[C@H](O)[C@H]1Nc1nc(C)cs1. The maximum atomic E-state index is 10.1. The van der Waals surface area contributed by atoms with Gasteiger partial charge in [0.05, 0.1) is 12.3 Å². The van der Waals surface area contributed by atoms with Crippen molar-refractivity contribution >= 4 is 16.5 Å². The maximum absolute atomic E-state index is 10.1. The highest BCUT2D eigenvalue weighted by atomic mass is 32.1. The summed E-state index contributed by atoms with van der Waals surface area (Å²) in [6.07, 6.45) is -3.95. The van der Waals surface area contributed by atoms with E-state index in [9.17, 15) is 10.2 Å². The molecule has 0 saturated carbocycles. The number of thiazole rings is 1. The Hall–Kier alpha value is -0.770. The number of hydrogen-bond donors (Lipinski definition) is 4. The van der Waals surface area contributed by atoms with E-state index in [4.69, 9.17) is 14.6 Å². The van der Waals surface area contributed by atoms with Gasteiger partial charge in [0.1, 0.15) is 24.4 Å². The minimum atomic E-state index is -1.19. The number of aliphatic hydroxyl groups excluding tert-OH is 3. The van der Waals surface area contributed by atoms with Crippen LogP contribution in [0.2, 0.25) is 0 Å². The summed E-state index contributed by atoms with van der Waals surface area (Å²) in [5.74, 6) is 0. The first-order chi connectivity index (χ1) is 9.06. The largest absolute Gasteiger partial charge is 0.394 e. The third-order valence-corrected chi connectivity index (χ3v) is 3.91. The quantitative estimate of drug-likeness (QED) is 0.582. The summed E-state index contributed by atoms with van der Waals surface area (Å²) in [5.41, 5.74) is 0.862. The fourth-order valence-electron chi connectivity index (χ4n) is 2.00. The summed E-state index contributed by atoms with van der Waals surface area (Å²) >= 11 is 1.39. The second-order valence-corrected chi connectivity index (χ2v) is 5.26.